The first kappa shape index (κ1) is 24.4. The van der Waals surface area contributed by atoms with E-state index in [0.717, 1.165) is 28.1 Å². The summed E-state index contributed by atoms with van der Waals surface area (Å²) in [5, 5.41) is 5.61. The van der Waals surface area contributed by atoms with Crippen LogP contribution in [0.4, 0.5) is 11.4 Å². The highest BCUT2D eigenvalue weighted by molar-refractivity contribution is 7.92. The van der Waals surface area contributed by atoms with E-state index in [0.29, 0.717) is 16.9 Å². The van der Waals surface area contributed by atoms with Crippen LogP contribution in [0.1, 0.15) is 48.7 Å². The SMILES string of the molecule is CC[C@@H](C)NC(=O)c1ccccc1NC(=O)[C@@H](C)N(c1cc(C)ccc1C)S(C)(=O)=O. The molecule has 0 unspecified atom stereocenters. The lowest BCUT2D eigenvalue weighted by Gasteiger charge is -2.30. The standard InChI is InChI=1S/C23H31N3O4S/c1-7-17(4)24-23(28)19-10-8-9-11-20(19)25-22(27)18(5)26(31(6,29)30)21-14-15(2)12-13-16(21)3/h8-14,17-18H,7H2,1-6H3,(H,24,28)(H,25,27)/t17-,18-/m1/s1. The zero-order valence-corrected chi connectivity index (χ0v) is 19.7. The van der Waals surface area contributed by atoms with Gasteiger partial charge in [0.15, 0.2) is 0 Å². The number of hydrogen-bond donors (Lipinski definition) is 2. The fourth-order valence-corrected chi connectivity index (χ4v) is 4.39. The Morgan fingerprint density at radius 2 is 1.71 bits per heavy atom. The highest BCUT2D eigenvalue weighted by Crippen LogP contribution is 2.27. The van der Waals surface area contributed by atoms with E-state index in [-0.39, 0.29) is 11.9 Å². The Morgan fingerprint density at radius 1 is 1.06 bits per heavy atom. The lowest BCUT2D eigenvalue weighted by molar-refractivity contribution is -0.116. The summed E-state index contributed by atoms with van der Waals surface area (Å²) >= 11 is 0. The van der Waals surface area contributed by atoms with Gasteiger partial charge in [-0.3, -0.25) is 13.9 Å². The largest absolute Gasteiger partial charge is 0.350 e. The summed E-state index contributed by atoms with van der Waals surface area (Å²) in [6.07, 6.45) is 1.85. The van der Waals surface area contributed by atoms with E-state index in [9.17, 15) is 18.0 Å². The van der Waals surface area contributed by atoms with Crippen LogP contribution >= 0.6 is 0 Å². The van der Waals surface area contributed by atoms with E-state index in [1.165, 1.54) is 6.92 Å². The van der Waals surface area contributed by atoms with E-state index < -0.39 is 22.0 Å². The van der Waals surface area contributed by atoms with E-state index in [2.05, 4.69) is 10.6 Å². The fourth-order valence-electron chi connectivity index (χ4n) is 3.17. The van der Waals surface area contributed by atoms with Crippen LogP contribution in [-0.4, -0.2) is 38.6 Å². The lowest BCUT2D eigenvalue weighted by Crippen LogP contribution is -2.46. The third-order valence-corrected chi connectivity index (χ3v) is 6.34. The molecule has 0 fully saturated rings. The molecule has 0 bridgehead atoms. The minimum absolute atomic E-state index is 0.0137. The van der Waals surface area contributed by atoms with Gasteiger partial charge in [-0.15, -0.1) is 0 Å². The van der Waals surface area contributed by atoms with E-state index in [4.69, 9.17) is 0 Å². The fraction of sp³-hybridized carbons (Fsp3) is 0.391. The molecule has 2 atom stereocenters. The monoisotopic (exact) mass is 445 g/mol. The quantitative estimate of drug-likeness (QED) is 0.649. The van der Waals surface area contributed by atoms with E-state index in [1.807, 2.05) is 32.9 Å². The zero-order chi connectivity index (χ0) is 23.3. The van der Waals surface area contributed by atoms with Crippen molar-refractivity contribution in [3.8, 4) is 0 Å². The van der Waals surface area contributed by atoms with Crippen LogP contribution in [0.25, 0.3) is 0 Å². The van der Waals surface area contributed by atoms with E-state index >= 15 is 0 Å². The molecule has 31 heavy (non-hydrogen) atoms. The van der Waals surface area contributed by atoms with Crippen LogP contribution in [0.3, 0.4) is 0 Å². The molecule has 0 heterocycles. The maximum Gasteiger partial charge on any atom is 0.253 e. The van der Waals surface area contributed by atoms with Crippen molar-refractivity contribution >= 4 is 33.2 Å². The van der Waals surface area contributed by atoms with Gasteiger partial charge in [0.05, 0.1) is 23.2 Å². The van der Waals surface area contributed by atoms with Crippen LogP contribution in [0.2, 0.25) is 0 Å². The summed E-state index contributed by atoms with van der Waals surface area (Å²) < 4.78 is 26.3. The molecule has 2 rings (SSSR count). The van der Waals surface area contributed by atoms with E-state index in [1.54, 1.807) is 37.3 Å². The average Bonchev–Trinajstić information content (AvgIpc) is 2.69. The summed E-state index contributed by atoms with van der Waals surface area (Å²) in [5.41, 5.74) is 2.72. The highest BCUT2D eigenvalue weighted by atomic mass is 32.2. The van der Waals surface area contributed by atoms with Gasteiger partial charge >= 0.3 is 0 Å². The molecule has 168 valence electrons. The molecule has 0 saturated heterocycles. The van der Waals surface area contributed by atoms with Gasteiger partial charge in [0, 0.05) is 6.04 Å². The first-order valence-electron chi connectivity index (χ1n) is 10.2. The number of sulfonamides is 1. The zero-order valence-electron chi connectivity index (χ0n) is 18.9. The maximum atomic E-state index is 13.1. The van der Waals surface area contributed by atoms with Crippen molar-refractivity contribution < 1.29 is 18.0 Å². The summed E-state index contributed by atoms with van der Waals surface area (Å²) in [6, 6.07) is 11.1. The second-order valence-electron chi connectivity index (χ2n) is 7.84. The molecule has 0 aliphatic heterocycles. The van der Waals surface area contributed by atoms with Gasteiger partial charge in [-0.05, 0) is 63.4 Å². The summed E-state index contributed by atoms with van der Waals surface area (Å²) in [7, 11) is -3.75. The number of amides is 2. The Kier molecular flexibility index (Phi) is 7.84. The second kappa shape index (κ2) is 9.96. The number of aryl methyl sites for hydroxylation is 2. The number of benzene rings is 2. The van der Waals surface area contributed by atoms with Crippen LogP contribution in [0.15, 0.2) is 42.5 Å². The Morgan fingerprint density at radius 3 is 2.32 bits per heavy atom. The number of hydrogen-bond acceptors (Lipinski definition) is 4. The van der Waals surface area contributed by atoms with Gasteiger partial charge in [0.2, 0.25) is 15.9 Å². The maximum absolute atomic E-state index is 13.1. The molecule has 2 aromatic rings. The van der Waals surface area contributed by atoms with Gasteiger partial charge < -0.3 is 10.6 Å². The third kappa shape index (κ3) is 6.07. The minimum Gasteiger partial charge on any atom is -0.350 e. The predicted molar refractivity (Wildman–Crippen MR) is 125 cm³/mol. The first-order chi connectivity index (χ1) is 14.5. The van der Waals surface area contributed by atoms with Crippen LogP contribution in [-0.2, 0) is 14.8 Å². The van der Waals surface area contributed by atoms with Crippen LogP contribution in [0.5, 0.6) is 0 Å². The Hall–Kier alpha value is -2.87. The molecule has 7 nitrogen and oxygen atoms in total. The van der Waals surface area contributed by atoms with Gasteiger partial charge in [0.1, 0.15) is 6.04 Å². The Bertz CT molecular complexity index is 1070. The molecular formula is C23H31N3O4S. The number of nitrogens with zero attached hydrogens (tertiary/aromatic N) is 1. The number of nitrogens with one attached hydrogen (secondary N) is 2. The van der Waals surface area contributed by atoms with Gasteiger partial charge in [0.25, 0.3) is 5.91 Å². The minimum atomic E-state index is -3.75. The van der Waals surface area contributed by atoms with Crippen molar-refractivity contribution in [3.05, 3.63) is 59.2 Å². The second-order valence-corrected chi connectivity index (χ2v) is 9.70. The summed E-state index contributed by atoms with van der Waals surface area (Å²) in [4.78, 5) is 25.7. The molecule has 0 aromatic heterocycles. The molecule has 8 heteroatoms. The Balaban J connectivity index is 2.36. The molecule has 2 aromatic carbocycles. The van der Waals surface area contributed by atoms with Gasteiger partial charge in [-0.1, -0.05) is 31.2 Å². The lowest BCUT2D eigenvalue weighted by atomic mass is 10.1. The molecular weight excluding hydrogens is 414 g/mol. The number of rotatable bonds is 8. The van der Waals surface area contributed by atoms with Gasteiger partial charge in [-0.25, -0.2) is 8.42 Å². The molecule has 2 amide bonds. The van der Waals surface area contributed by atoms with Crippen molar-refractivity contribution in [1.82, 2.24) is 5.32 Å². The summed E-state index contributed by atoms with van der Waals surface area (Å²) in [6.45, 7) is 9.05. The van der Waals surface area contributed by atoms with Crippen molar-refractivity contribution in [2.24, 2.45) is 0 Å². The van der Waals surface area contributed by atoms with Crippen molar-refractivity contribution in [2.75, 3.05) is 15.9 Å². The molecule has 0 aliphatic carbocycles. The Labute approximate surface area is 184 Å². The molecule has 0 saturated carbocycles. The molecule has 0 spiro atoms. The normalized spacial score (nSPS) is 13.2. The summed E-state index contributed by atoms with van der Waals surface area (Å²) in [5.74, 6) is -0.831. The third-order valence-electron chi connectivity index (χ3n) is 5.11. The van der Waals surface area contributed by atoms with Crippen LogP contribution < -0.4 is 14.9 Å². The average molecular weight is 446 g/mol. The number of carbonyl (C=O) groups is 2. The van der Waals surface area contributed by atoms with Crippen LogP contribution in [0, 0.1) is 13.8 Å². The topological polar surface area (TPSA) is 95.6 Å². The van der Waals surface area contributed by atoms with Crippen molar-refractivity contribution in [3.63, 3.8) is 0 Å². The molecule has 0 radical (unpaired) electrons. The van der Waals surface area contributed by atoms with Gasteiger partial charge in [-0.2, -0.15) is 0 Å². The number of carbonyl (C=O) groups excluding carboxylic acids is 2. The first-order valence-corrected chi connectivity index (χ1v) is 12.1. The van der Waals surface area contributed by atoms with Crippen molar-refractivity contribution in [1.29, 1.82) is 0 Å². The molecule has 2 N–H and O–H groups in total. The predicted octanol–water partition coefficient (Wildman–Crippen LogP) is 3.62. The smallest absolute Gasteiger partial charge is 0.253 e. The molecule has 0 aliphatic rings. The number of para-hydroxylation sites is 1. The number of anilines is 2. The van der Waals surface area contributed by atoms with Crippen molar-refractivity contribution in [2.45, 2.75) is 53.1 Å². The highest BCUT2D eigenvalue weighted by Gasteiger charge is 2.31.